The molecule has 0 bridgehead atoms. The molecule has 0 saturated heterocycles. The molecule has 0 fully saturated rings. The second-order valence-corrected chi connectivity index (χ2v) is 6.55. The van der Waals surface area contributed by atoms with Crippen LogP contribution in [-0.4, -0.2) is 25.0 Å². The standard InChI is InChI=1S/C22H28N2O4/c1-4-16(3)18-9-11-19(12-10-18)27-14-21(25)23-24-22(26)15-28-20-8-6-7-17(5-2)13-20/h6-13,16H,4-5,14-15H2,1-3H3,(H,23,25)(H,24,26). The number of carbonyl (C=O) groups excluding carboxylic acids is 2. The van der Waals surface area contributed by atoms with E-state index in [0.29, 0.717) is 17.4 Å². The minimum atomic E-state index is -0.452. The highest BCUT2D eigenvalue weighted by molar-refractivity contribution is 5.83. The Bertz CT molecular complexity index is 774. The third-order valence-corrected chi connectivity index (χ3v) is 4.45. The van der Waals surface area contributed by atoms with E-state index in [1.54, 1.807) is 6.07 Å². The molecule has 0 spiro atoms. The van der Waals surface area contributed by atoms with Crippen LogP contribution in [0.25, 0.3) is 0 Å². The molecule has 2 aromatic rings. The molecule has 0 radical (unpaired) electrons. The molecule has 2 aromatic carbocycles. The molecule has 0 heterocycles. The van der Waals surface area contributed by atoms with Crippen LogP contribution < -0.4 is 20.3 Å². The van der Waals surface area contributed by atoms with Crippen molar-refractivity contribution in [3.63, 3.8) is 0 Å². The maximum absolute atomic E-state index is 11.8. The van der Waals surface area contributed by atoms with E-state index >= 15 is 0 Å². The summed E-state index contributed by atoms with van der Waals surface area (Å²) < 4.78 is 10.8. The maximum Gasteiger partial charge on any atom is 0.276 e. The zero-order valence-electron chi connectivity index (χ0n) is 16.7. The lowest BCUT2D eigenvalue weighted by Gasteiger charge is -2.11. The number of benzene rings is 2. The van der Waals surface area contributed by atoms with Crippen LogP contribution in [0.1, 0.15) is 44.2 Å². The number of hydrogen-bond donors (Lipinski definition) is 2. The number of ether oxygens (including phenoxy) is 2. The maximum atomic E-state index is 11.8. The second kappa shape index (κ2) is 11.0. The summed E-state index contributed by atoms with van der Waals surface area (Å²) in [7, 11) is 0. The van der Waals surface area contributed by atoms with E-state index in [9.17, 15) is 9.59 Å². The molecule has 0 aliphatic carbocycles. The van der Waals surface area contributed by atoms with Crippen molar-refractivity contribution in [3.05, 3.63) is 59.7 Å². The minimum absolute atomic E-state index is 0.189. The van der Waals surface area contributed by atoms with E-state index in [1.165, 1.54) is 5.56 Å². The van der Waals surface area contributed by atoms with Crippen molar-refractivity contribution in [3.8, 4) is 11.5 Å². The van der Waals surface area contributed by atoms with Gasteiger partial charge in [0.25, 0.3) is 11.8 Å². The fourth-order valence-corrected chi connectivity index (χ4v) is 2.49. The fraction of sp³-hybridized carbons (Fsp3) is 0.364. The van der Waals surface area contributed by atoms with Gasteiger partial charge in [-0.2, -0.15) is 0 Å². The third-order valence-electron chi connectivity index (χ3n) is 4.45. The average Bonchev–Trinajstić information content (AvgIpc) is 2.74. The first-order valence-electron chi connectivity index (χ1n) is 9.54. The fourth-order valence-electron chi connectivity index (χ4n) is 2.49. The van der Waals surface area contributed by atoms with Crippen LogP contribution in [0.2, 0.25) is 0 Å². The smallest absolute Gasteiger partial charge is 0.276 e. The number of hydrazine groups is 1. The Morgan fingerprint density at radius 3 is 2.07 bits per heavy atom. The summed E-state index contributed by atoms with van der Waals surface area (Å²) in [4.78, 5) is 23.6. The Labute approximate surface area is 166 Å². The number of carbonyl (C=O) groups is 2. The molecule has 2 N–H and O–H groups in total. The van der Waals surface area contributed by atoms with Gasteiger partial charge in [0.05, 0.1) is 0 Å². The summed E-state index contributed by atoms with van der Waals surface area (Å²) in [6.07, 6.45) is 1.95. The van der Waals surface area contributed by atoms with Gasteiger partial charge in [0.15, 0.2) is 13.2 Å². The van der Waals surface area contributed by atoms with Gasteiger partial charge in [-0.15, -0.1) is 0 Å². The van der Waals surface area contributed by atoms with E-state index in [2.05, 4.69) is 24.7 Å². The van der Waals surface area contributed by atoms with Crippen molar-refractivity contribution in [1.82, 2.24) is 10.9 Å². The molecule has 0 aromatic heterocycles. The van der Waals surface area contributed by atoms with Crippen molar-refractivity contribution >= 4 is 11.8 Å². The summed E-state index contributed by atoms with van der Waals surface area (Å²) in [6.45, 7) is 5.97. The van der Waals surface area contributed by atoms with Crippen molar-refractivity contribution in [2.45, 2.75) is 39.5 Å². The minimum Gasteiger partial charge on any atom is -0.484 e. The van der Waals surface area contributed by atoms with E-state index in [0.717, 1.165) is 18.4 Å². The SMILES string of the molecule is CCc1cccc(OCC(=O)NNC(=O)COc2ccc(C(C)CC)cc2)c1. The Morgan fingerprint density at radius 2 is 1.50 bits per heavy atom. The van der Waals surface area contributed by atoms with E-state index in [-0.39, 0.29) is 13.2 Å². The van der Waals surface area contributed by atoms with Crippen molar-refractivity contribution in [2.24, 2.45) is 0 Å². The Balaban J connectivity index is 1.68. The average molecular weight is 384 g/mol. The number of amides is 2. The van der Waals surface area contributed by atoms with Crippen LogP contribution in [0.15, 0.2) is 48.5 Å². The van der Waals surface area contributed by atoms with Gasteiger partial charge in [-0.25, -0.2) is 0 Å². The van der Waals surface area contributed by atoms with Gasteiger partial charge in [-0.3, -0.25) is 20.4 Å². The highest BCUT2D eigenvalue weighted by atomic mass is 16.5. The topological polar surface area (TPSA) is 76.7 Å². The molecule has 0 saturated carbocycles. The predicted molar refractivity (Wildman–Crippen MR) is 108 cm³/mol. The second-order valence-electron chi connectivity index (χ2n) is 6.55. The van der Waals surface area contributed by atoms with Crippen LogP contribution in [0.4, 0.5) is 0 Å². The van der Waals surface area contributed by atoms with Crippen molar-refractivity contribution < 1.29 is 19.1 Å². The number of hydrogen-bond acceptors (Lipinski definition) is 4. The Kier molecular flexibility index (Phi) is 8.34. The molecule has 1 unspecified atom stereocenters. The van der Waals surface area contributed by atoms with Gasteiger partial charge in [0.2, 0.25) is 0 Å². The first kappa shape index (κ1) is 21.3. The van der Waals surface area contributed by atoms with Crippen molar-refractivity contribution in [2.75, 3.05) is 13.2 Å². The largest absolute Gasteiger partial charge is 0.484 e. The highest BCUT2D eigenvalue weighted by Gasteiger charge is 2.08. The zero-order chi connectivity index (χ0) is 20.4. The molecule has 0 aliphatic rings. The number of rotatable bonds is 9. The molecule has 2 rings (SSSR count). The molecule has 6 heteroatoms. The normalized spacial score (nSPS) is 11.4. The molecular formula is C22H28N2O4. The van der Waals surface area contributed by atoms with Gasteiger partial charge < -0.3 is 9.47 Å². The highest BCUT2D eigenvalue weighted by Crippen LogP contribution is 2.21. The van der Waals surface area contributed by atoms with E-state index in [1.807, 2.05) is 49.4 Å². The van der Waals surface area contributed by atoms with Crippen LogP contribution in [0.5, 0.6) is 11.5 Å². The summed E-state index contributed by atoms with van der Waals surface area (Å²) in [5.74, 6) is 0.803. The quantitative estimate of drug-likeness (QED) is 0.650. The molecule has 1 atom stereocenters. The predicted octanol–water partition coefficient (Wildman–Crippen LogP) is 3.37. The molecule has 2 amide bonds. The summed E-state index contributed by atoms with van der Waals surface area (Å²) >= 11 is 0. The monoisotopic (exact) mass is 384 g/mol. The van der Waals surface area contributed by atoms with Crippen LogP contribution in [0, 0.1) is 0 Å². The van der Waals surface area contributed by atoms with Crippen LogP contribution in [0.3, 0.4) is 0 Å². The Hall–Kier alpha value is -3.02. The van der Waals surface area contributed by atoms with Gasteiger partial charge in [0, 0.05) is 0 Å². The van der Waals surface area contributed by atoms with Gasteiger partial charge in [0.1, 0.15) is 11.5 Å². The van der Waals surface area contributed by atoms with Crippen LogP contribution in [-0.2, 0) is 16.0 Å². The van der Waals surface area contributed by atoms with E-state index in [4.69, 9.17) is 9.47 Å². The van der Waals surface area contributed by atoms with Gasteiger partial charge >= 0.3 is 0 Å². The zero-order valence-corrected chi connectivity index (χ0v) is 16.7. The first-order chi connectivity index (χ1) is 13.5. The lowest BCUT2D eigenvalue weighted by molar-refractivity contribution is -0.131. The summed E-state index contributed by atoms with van der Waals surface area (Å²) in [5.41, 5.74) is 6.97. The van der Waals surface area contributed by atoms with Crippen molar-refractivity contribution in [1.29, 1.82) is 0 Å². The van der Waals surface area contributed by atoms with Crippen LogP contribution >= 0.6 is 0 Å². The number of nitrogens with one attached hydrogen (secondary N) is 2. The van der Waals surface area contributed by atoms with E-state index < -0.39 is 11.8 Å². The molecule has 6 nitrogen and oxygen atoms in total. The number of aryl methyl sites for hydroxylation is 1. The molecule has 0 aliphatic heterocycles. The summed E-state index contributed by atoms with van der Waals surface area (Å²) in [5, 5.41) is 0. The molecule has 150 valence electrons. The lowest BCUT2D eigenvalue weighted by Crippen LogP contribution is -2.45. The Morgan fingerprint density at radius 1 is 0.893 bits per heavy atom. The first-order valence-corrected chi connectivity index (χ1v) is 9.54. The lowest BCUT2D eigenvalue weighted by atomic mass is 9.99. The third kappa shape index (κ3) is 6.95. The summed E-state index contributed by atoms with van der Waals surface area (Å²) in [6, 6.07) is 15.2. The van der Waals surface area contributed by atoms with Gasteiger partial charge in [-0.05, 0) is 54.2 Å². The molecular weight excluding hydrogens is 356 g/mol. The molecule has 28 heavy (non-hydrogen) atoms. The van der Waals surface area contributed by atoms with Gasteiger partial charge in [-0.1, -0.05) is 45.0 Å².